The Labute approximate surface area is 135 Å². The molecule has 0 radical (unpaired) electrons. The molecule has 1 aliphatic carbocycles. The zero-order chi connectivity index (χ0) is 15.6. The van der Waals surface area contributed by atoms with Crippen LogP contribution in [0.3, 0.4) is 0 Å². The van der Waals surface area contributed by atoms with E-state index in [2.05, 4.69) is 17.1 Å². The van der Waals surface area contributed by atoms with Crippen molar-refractivity contribution in [3.05, 3.63) is 29.3 Å². The topological polar surface area (TPSA) is 32.6 Å². The molecule has 1 fully saturated rings. The fourth-order valence-corrected chi connectivity index (χ4v) is 3.63. The van der Waals surface area contributed by atoms with Crippen molar-refractivity contribution < 1.29 is 5.11 Å². The molecule has 2 nitrogen and oxygen atoms in total. The maximum atomic E-state index is 10.6. The average molecular weight is 301 g/mol. The standard InChI is InChI=1S/C20H31NO/c1-21-16-18-14-11-15-19(20(18)22)17-12-9-7-5-3-2-4-6-8-10-13-17/h11,14-17,22H,2-10,12-13H2,1H3. The number of hydrogen-bond acceptors (Lipinski definition) is 2. The molecule has 2 rings (SSSR count). The highest BCUT2D eigenvalue weighted by atomic mass is 16.3. The molecule has 1 aliphatic rings. The Bertz CT molecular complexity index is 455. The first-order valence-electron chi connectivity index (χ1n) is 9.07. The lowest BCUT2D eigenvalue weighted by Crippen LogP contribution is -2.02. The van der Waals surface area contributed by atoms with Crippen molar-refractivity contribution in [3.63, 3.8) is 0 Å². The fraction of sp³-hybridized carbons (Fsp3) is 0.650. The first-order valence-corrected chi connectivity index (χ1v) is 9.07. The number of para-hydroxylation sites is 1. The van der Waals surface area contributed by atoms with Crippen molar-refractivity contribution in [3.8, 4) is 5.75 Å². The van der Waals surface area contributed by atoms with E-state index in [9.17, 15) is 5.11 Å². The van der Waals surface area contributed by atoms with Crippen LogP contribution in [0, 0.1) is 0 Å². The molecule has 1 aromatic carbocycles. The minimum absolute atomic E-state index is 0.449. The van der Waals surface area contributed by atoms with Gasteiger partial charge in [-0.25, -0.2) is 0 Å². The van der Waals surface area contributed by atoms with Crippen LogP contribution in [-0.2, 0) is 0 Å². The Hall–Kier alpha value is -1.31. The molecule has 0 atom stereocenters. The van der Waals surface area contributed by atoms with Crippen molar-refractivity contribution in [2.75, 3.05) is 7.05 Å². The van der Waals surface area contributed by atoms with Gasteiger partial charge in [0, 0.05) is 18.8 Å². The summed E-state index contributed by atoms with van der Waals surface area (Å²) >= 11 is 0. The molecular weight excluding hydrogens is 270 g/mol. The number of rotatable bonds is 2. The Balaban J connectivity index is 2.10. The van der Waals surface area contributed by atoms with Gasteiger partial charge in [-0.1, -0.05) is 69.9 Å². The van der Waals surface area contributed by atoms with E-state index in [1.165, 1.54) is 70.6 Å². The molecule has 1 aromatic rings. The number of hydrogen-bond donors (Lipinski definition) is 1. The van der Waals surface area contributed by atoms with E-state index in [0.29, 0.717) is 11.7 Å². The van der Waals surface area contributed by atoms with Crippen LogP contribution >= 0.6 is 0 Å². The molecule has 122 valence electrons. The first kappa shape index (κ1) is 17.1. The van der Waals surface area contributed by atoms with Crippen LogP contribution in [0.2, 0.25) is 0 Å². The van der Waals surface area contributed by atoms with Crippen LogP contribution in [0.5, 0.6) is 5.75 Å². The van der Waals surface area contributed by atoms with Gasteiger partial charge < -0.3 is 5.11 Å². The molecule has 0 aliphatic heterocycles. The Morgan fingerprint density at radius 1 is 0.909 bits per heavy atom. The van der Waals surface area contributed by atoms with Crippen molar-refractivity contribution in [2.45, 2.75) is 76.5 Å². The van der Waals surface area contributed by atoms with Crippen LogP contribution in [0.4, 0.5) is 0 Å². The molecule has 0 amide bonds. The van der Waals surface area contributed by atoms with E-state index in [4.69, 9.17) is 0 Å². The van der Waals surface area contributed by atoms with E-state index < -0.39 is 0 Å². The molecule has 2 heteroatoms. The third-order valence-electron chi connectivity index (χ3n) is 4.91. The van der Waals surface area contributed by atoms with Crippen molar-refractivity contribution in [1.82, 2.24) is 0 Å². The third kappa shape index (κ3) is 5.15. The molecule has 1 saturated carbocycles. The molecule has 0 saturated heterocycles. The molecule has 0 bridgehead atoms. The number of phenolic OH excluding ortho intramolecular Hbond substituents is 1. The lowest BCUT2D eigenvalue weighted by atomic mass is 9.86. The summed E-state index contributed by atoms with van der Waals surface area (Å²) in [6.45, 7) is 0. The lowest BCUT2D eigenvalue weighted by Gasteiger charge is -2.20. The quantitative estimate of drug-likeness (QED) is 0.685. The minimum Gasteiger partial charge on any atom is -0.507 e. The highest BCUT2D eigenvalue weighted by molar-refractivity contribution is 5.84. The second kappa shape index (κ2) is 9.66. The highest BCUT2D eigenvalue weighted by Crippen LogP contribution is 2.35. The minimum atomic E-state index is 0.449. The Kier molecular flexibility index (Phi) is 7.48. The SMILES string of the molecule is CN=Cc1cccc(C2CCCCCCCCCCC2)c1O. The second-order valence-electron chi connectivity index (χ2n) is 6.63. The maximum absolute atomic E-state index is 10.6. The van der Waals surface area contributed by atoms with E-state index in [0.717, 1.165) is 11.1 Å². The number of benzene rings is 1. The van der Waals surface area contributed by atoms with Gasteiger partial charge in [-0.15, -0.1) is 0 Å². The van der Waals surface area contributed by atoms with Crippen molar-refractivity contribution in [2.24, 2.45) is 4.99 Å². The molecule has 22 heavy (non-hydrogen) atoms. The molecule has 0 spiro atoms. The van der Waals surface area contributed by atoms with Crippen molar-refractivity contribution in [1.29, 1.82) is 0 Å². The summed E-state index contributed by atoms with van der Waals surface area (Å²) in [6, 6.07) is 6.11. The van der Waals surface area contributed by atoms with E-state index in [-0.39, 0.29) is 0 Å². The smallest absolute Gasteiger partial charge is 0.127 e. The lowest BCUT2D eigenvalue weighted by molar-refractivity contribution is 0.432. The van der Waals surface area contributed by atoms with Gasteiger partial charge in [-0.05, 0) is 30.4 Å². The largest absolute Gasteiger partial charge is 0.507 e. The number of nitrogens with zero attached hydrogens (tertiary/aromatic N) is 1. The van der Waals surface area contributed by atoms with E-state index >= 15 is 0 Å². The van der Waals surface area contributed by atoms with Gasteiger partial charge in [-0.3, -0.25) is 4.99 Å². The van der Waals surface area contributed by atoms with Gasteiger partial charge in [0.25, 0.3) is 0 Å². The first-order chi connectivity index (χ1) is 10.8. The molecule has 0 heterocycles. The second-order valence-corrected chi connectivity index (χ2v) is 6.63. The summed E-state index contributed by atoms with van der Waals surface area (Å²) in [6.07, 6.45) is 16.4. The molecule has 0 aromatic heterocycles. The Morgan fingerprint density at radius 3 is 2.00 bits per heavy atom. The summed E-state index contributed by atoms with van der Waals surface area (Å²) in [7, 11) is 1.75. The monoisotopic (exact) mass is 301 g/mol. The predicted molar refractivity (Wildman–Crippen MR) is 95.2 cm³/mol. The molecule has 1 N–H and O–H groups in total. The summed E-state index contributed by atoms with van der Waals surface area (Å²) in [5.74, 6) is 0.954. The highest BCUT2D eigenvalue weighted by Gasteiger charge is 2.17. The van der Waals surface area contributed by atoms with Gasteiger partial charge in [-0.2, -0.15) is 0 Å². The third-order valence-corrected chi connectivity index (χ3v) is 4.91. The normalized spacial score (nSPS) is 19.7. The molecule has 0 unspecified atom stereocenters. The van der Waals surface area contributed by atoms with Gasteiger partial charge in [0.2, 0.25) is 0 Å². The summed E-state index contributed by atoms with van der Waals surface area (Å²) < 4.78 is 0. The molecular formula is C20H31NO. The van der Waals surface area contributed by atoms with Crippen molar-refractivity contribution >= 4 is 6.21 Å². The van der Waals surface area contributed by atoms with Crippen LogP contribution in [-0.4, -0.2) is 18.4 Å². The van der Waals surface area contributed by atoms with Gasteiger partial charge >= 0.3 is 0 Å². The van der Waals surface area contributed by atoms with Crippen LogP contribution in [0.1, 0.15) is 87.7 Å². The average Bonchev–Trinajstić information content (AvgIpc) is 2.51. The maximum Gasteiger partial charge on any atom is 0.127 e. The summed E-state index contributed by atoms with van der Waals surface area (Å²) in [5.41, 5.74) is 1.99. The number of aliphatic imine (C=N–C) groups is 1. The van der Waals surface area contributed by atoms with E-state index in [1.807, 2.05) is 6.07 Å². The number of phenols is 1. The zero-order valence-electron chi connectivity index (χ0n) is 14.1. The zero-order valence-corrected chi connectivity index (χ0v) is 14.1. The van der Waals surface area contributed by atoms with Gasteiger partial charge in [0.05, 0.1) is 0 Å². The van der Waals surface area contributed by atoms with Gasteiger partial charge in [0.1, 0.15) is 5.75 Å². The van der Waals surface area contributed by atoms with E-state index in [1.54, 1.807) is 13.3 Å². The van der Waals surface area contributed by atoms with Crippen LogP contribution in [0.15, 0.2) is 23.2 Å². The number of aromatic hydroxyl groups is 1. The predicted octanol–water partition coefficient (Wildman–Crippen LogP) is 5.83. The Morgan fingerprint density at radius 2 is 1.45 bits per heavy atom. The van der Waals surface area contributed by atoms with Gasteiger partial charge in [0.15, 0.2) is 0 Å². The summed E-state index contributed by atoms with van der Waals surface area (Å²) in [4.78, 5) is 4.05. The van der Waals surface area contributed by atoms with Crippen LogP contribution in [0.25, 0.3) is 0 Å². The summed E-state index contributed by atoms with van der Waals surface area (Å²) in [5, 5.41) is 10.6. The fourth-order valence-electron chi connectivity index (χ4n) is 3.63. The van der Waals surface area contributed by atoms with Crippen LogP contribution < -0.4 is 0 Å².